The number of piperazine rings is 1. The zero-order valence-electron chi connectivity index (χ0n) is 19.8. The topological polar surface area (TPSA) is 82.1 Å². The Labute approximate surface area is 220 Å². The smallest absolute Gasteiger partial charge is 0.158 e. The zero-order valence-corrected chi connectivity index (χ0v) is 21.3. The minimum Gasteiger partial charge on any atom is -0.369 e. The van der Waals surface area contributed by atoms with Crippen LogP contribution in [-0.2, 0) is 0 Å². The molecule has 0 radical (unpaired) electrons. The molecule has 0 spiro atoms. The second kappa shape index (κ2) is 11.1. The third-order valence-corrected chi connectivity index (χ3v) is 6.77. The van der Waals surface area contributed by atoms with Crippen LogP contribution in [0.15, 0.2) is 67.3 Å². The molecular formula is C26H26Cl2N8. The molecule has 0 bridgehead atoms. The first kappa shape index (κ1) is 24.2. The lowest BCUT2D eigenvalue weighted by Crippen LogP contribution is -2.46. The summed E-state index contributed by atoms with van der Waals surface area (Å²) >= 11 is 12.7. The van der Waals surface area contributed by atoms with Crippen molar-refractivity contribution in [1.29, 1.82) is 0 Å². The van der Waals surface area contributed by atoms with E-state index < -0.39 is 0 Å². The minimum absolute atomic E-state index is 0.486. The van der Waals surface area contributed by atoms with Crippen LogP contribution in [0.4, 0.5) is 28.7 Å². The molecule has 4 aromatic rings. The fraction of sp³-hybridized carbons (Fsp3) is 0.231. The van der Waals surface area contributed by atoms with Crippen molar-refractivity contribution in [2.45, 2.75) is 6.92 Å². The molecule has 0 atom stereocenters. The molecule has 0 unspecified atom stereocenters. The van der Waals surface area contributed by atoms with Gasteiger partial charge in [-0.15, -0.1) is 0 Å². The summed E-state index contributed by atoms with van der Waals surface area (Å²) in [6.45, 7) is 7.61. The van der Waals surface area contributed by atoms with Gasteiger partial charge in [0.05, 0.1) is 21.4 Å². The largest absolute Gasteiger partial charge is 0.369 e. The number of rotatable bonds is 7. The number of halogens is 2. The number of hydrogen-bond acceptors (Lipinski definition) is 8. The second-order valence-corrected chi connectivity index (χ2v) is 9.17. The van der Waals surface area contributed by atoms with E-state index >= 15 is 0 Å². The minimum atomic E-state index is 0.486. The molecule has 1 saturated heterocycles. The molecule has 184 valence electrons. The molecule has 1 aliphatic rings. The first-order valence-corrected chi connectivity index (χ1v) is 12.5. The molecule has 2 aromatic carbocycles. The van der Waals surface area contributed by atoms with Crippen molar-refractivity contribution in [3.05, 3.63) is 77.3 Å². The third kappa shape index (κ3) is 5.51. The Morgan fingerprint density at radius 2 is 1.56 bits per heavy atom. The number of benzene rings is 2. The highest BCUT2D eigenvalue weighted by atomic mass is 35.5. The van der Waals surface area contributed by atoms with E-state index in [1.165, 1.54) is 12.0 Å². The van der Waals surface area contributed by atoms with E-state index in [0.717, 1.165) is 38.4 Å². The van der Waals surface area contributed by atoms with Crippen molar-refractivity contribution in [2.24, 2.45) is 0 Å². The Balaban J connectivity index is 1.32. The summed E-state index contributed by atoms with van der Waals surface area (Å²) in [5, 5.41) is 7.53. The molecule has 0 amide bonds. The van der Waals surface area contributed by atoms with Crippen LogP contribution in [0.1, 0.15) is 6.92 Å². The first-order valence-electron chi connectivity index (χ1n) is 11.8. The van der Waals surface area contributed by atoms with E-state index in [9.17, 15) is 0 Å². The fourth-order valence-electron chi connectivity index (χ4n) is 4.13. The summed E-state index contributed by atoms with van der Waals surface area (Å²) in [5.41, 5.74) is 3.90. The number of anilines is 5. The van der Waals surface area contributed by atoms with Gasteiger partial charge in [-0.2, -0.15) is 0 Å². The molecule has 0 saturated carbocycles. The third-order valence-electron chi connectivity index (χ3n) is 6.14. The van der Waals surface area contributed by atoms with Crippen molar-refractivity contribution in [1.82, 2.24) is 24.8 Å². The normalized spacial score (nSPS) is 14.0. The molecule has 10 heteroatoms. The van der Waals surface area contributed by atoms with Crippen LogP contribution in [0, 0.1) is 0 Å². The highest BCUT2D eigenvalue weighted by Crippen LogP contribution is 2.34. The summed E-state index contributed by atoms with van der Waals surface area (Å²) in [7, 11) is 0. The SMILES string of the molecule is CCN1CCN(c2ccc(Nc3cc(-c4nccnc4Nc4c(Cl)cccc4Cl)ncn3)cc2)CC1. The Hall–Kier alpha value is -3.46. The average Bonchev–Trinajstić information content (AvgIpc) is 2.92. The predicted octanol–water partition coefficient (Wildman–Crippen LogP) is 5.87. The Morgan fingerprint density at radius 3 is 2.28 bits per heavy atom. The lowest BCUT2D eigenvalue weighted by Gasteiger charge is -2.35. The van der Waals surface area contributed by atoms with Gasteiger partial charge < -0.3 is 20.4 Å². The van der Waals surface area contributed by atoms with Crippen LogP contribution < -0.4 is 15.5 Å². The van der Waals surface area contributed by atoms with Gasteiger partial charge in [-0.05, 0) is 42.9 Å². The highest BCUT2D eigenvalue weighted by Gasteiger charge is 2.16. The van der Waals surface area contributed by atoms with E-state index in [1.54, 1.807) is 30.6 Å². The number of likely N-dealkylation sites (N-methyl/N-ethyl adjacent to an activating group) is 1. The summed E-state index contributed by atoms with van der Waals surface area (Å²) in [6, 6.07) is 15.6. The maximum atomic E-state index is 6.33. The molecule has 1 aliphatic heterocycles. The summed E-state index contributed by atoms with van der Waals surface area (Å²) in [6.07, 6.45) is 4.71. The predicted molar refractivity (Wildman–Crippen MR) is 147 cm³/mol. The van der Waals surface area contributed by atoms with Gasteiger partial charge in [0.2, 0.25) is 0 Å². The van der Waals surface area contributed by atoms with E-state index in [0.29, 0.717) is 38.8 Å². The standard InChI is InChI=1S/C26H26Cl2N8/c1-2-35-12-14-36(15-13-35)19-8-6-18(7-9-19)33-23-16-22(31-17-32-23)25-26(30-11-10-29-25)34-24-20(27)4-3-5-21(24)28/h3-11,16-17H,2,12-15H2,1H3,(H,30,34)(H,31,32,33). The quantitative estimate of drug-likeness (QED) is 0.313. The van der Waals surface area contributed by atoms with Crippen LogP contribution in [0.5, 0.6) is 0 Å². The Kier molecular flexibility index (Phi) is 7.46. The lowest BCUT2D eigenvalue weighted by atomic mass is 10.2. The van der Waals surface area contributed by atoms with E-state index in [2.05, 4.69) is 71.6 Å². The lowest BCUT2D eigenvalue weighted by molar-refractivity contribution is 0.271. The molecular weight excluding hydrogens is 495 g/mol. The van der Waals surface area contributed by atoms with Crippen molar-refractivity contribution in [3.8, 4) is 11.4 Å². The molecule has 1 fully saturated rings. The van der Waals surface area contributed by atoms with Crippen molar-refractivity contribution >= 4 is 51.9 Å². The van der Waals surface area contributed by atoms with Gasteiger partial charge >= 0.3 is 0 Å². The van der Waals surface area contributed by atoms with Gasteiger partial charge in [-0.1, -0.05) is 36.2 Å². The van der Waals surface area contributed by atoms with Gasteiger partial charge in [0.15, 0.2) is 5.82 Å². The maximum absolute atomic E-state index is 6.33. The zero-order chi connectivity index (χ0) is 24.9. The van der Waals surface area contributed by atoms with Crippen molar-refractivity contribution in [2.75, 3.05) is 48.3 Å². The molecule has 2 N–H and O–H groups in total. The number of nitrogens with zero attached hydrogens (tertiary/aromatic N) is 6. The molecule has 5 rings (SSSR count). The molecule has 0 aliphatic carbocycles. The van der Waals surface area contributed by atoms with Crippen molar-refractivity contribution < 1.29 is 0 Å². The molecule has 2 aromatic heterocycles. The van der Waals surface area contributed by atoms with Gasteiger partial charge in [-0.25, -0.2) is 19.9 Å². The van der Waals surface area contributed by atoms with Crippen LogP contribution in [0.3, 0.4) is 0 Å². The second-order valence-electron chi connectivity index (χ2n) is 8.36. The highest BCUT2D eigenvalue weighted by molar-refractivity contribution is 6.39. The summed E-state index contributed by atoms with van der Waals surface area (Å²) < 4.78 is 0. The number of hydrogen-bond donors (Lipinski definition) is 2. The van der Waals surface area contributed by atoms with Crippen LogP contribution in [0.25, 0.3) is 11.4 Å². The summed E-state index contributed by atoms with van der Waals surface area (Å²) in [5.74, 6) is 1.14. The average molecular weight is 521 g/mol. The number of para-hydroxylation sites is 1. The van der Waals surface area contributed by atoms with E-state index in [4.69, 9.17) is 23.2 Å². The van der Waals surface area contributed by atoms with E-state index in [-0.39, 0.29) is 0 Å². The molecule has 36 heavy (non-hydrogen) atoms. The summed E-state index contributed by atoms with van der Waals surface area (Å²) in [4.78, 5) is 22.6. The van der Waals surface area contributed by atoms with Gasteiger partial charge in [0, 0.05) is 56.0 Å². The van der Waals surface area contributed by atoms with Gasteiger partial charge in [0.1, 0.15) is 17.8 Å². The van der Waals surface area contributed by atoms with Gasteiger partial charge in [0.25, 0.3) is 0 Å². The van der Waals surface area contributed by atoms with Crippen molar-refractivity contribution in [3.63, 3.8) is 0 Å². The Morgan fingerprint density at radius 1 is 0.833 bits per heavy atom. The van der Waals surface area contributed by atoms with Crippen LogP contribution >= 0.6 is 23.2 Å². The van der Waals surface area contributed by atoms with Crippen LogP contribution in [0.2, 0.25) is 10.0 Å². The Bertz CT molecular complexity index is 1300. The monoisotopic (exact) mass is 520 g/mol. The van der Waals surface area contributed by atoms with E-state index in [1.807, 2.05) is 6.07 Å². The molecule has 8 nitrogen and oxygen atoms in total. The van der Waals surface area contributed by atoms with Crippen LogP contribution in [-0.4, -0.2) is 57.6 Å². The van der Waals surface area contributed by atoms with Gasteiger partial charge in [-0.3, -0.25) is 0 Å². The first-order chi connectivity index (χ1) is 17.6. The maximum Gasteiger partial charge on any atom is 0.158 e. The molecule has 3 heterocycles. The fourth-order valence-corrected chi connectivity index (χ4v) is 4.63. The number of nitrogens with one attached hydrogen (secondary N) is 2. The number of aromatic nitrogens is 4.